The van der Waals surface area contributed by atoms with Crippen molar-refractivity contribution in [1.29, 1.82) is 0 Å². The van der Waals surface area contributed by atoms with Gasteiger partial charge in [-0.2, -0.15) is 0 Å². The van der Waals surface area contributed by atoms with E-state index in [2.05, 4.69) is 0 Å². The van der Waals surface area contributed by atoms with Gasteiger partial charge in [-0.1, -0.05) is 36.4 Å². The van der Waals surface area contributed by atoms with Crippen LogP contribution in [0.25, 0.3) is 0 Å². The number of hydrogen-bond donors (Lipinski definition) is 0. The molecule has 1 aliphatic heterocycles. The first-order valence-electron chi connectivity index (χ1n) is 6.34. The lowest BCUT2D eigenvalue weighted by Gasteiger charge is -2.19. The van der Waals surface area contributed by atoms with Gasteiger partial charge in [0.2, 0.25) is 0 Å². The molecule has 2 aromatic carbocycles. The lowest BCUT2D eigenvalue weighted by molar-refractivity contribution is 0.118. The number of anilines is 1. The van der Waals surface area contributed by atoms with E-state index in [0.717, 1.165) is 5.56 Å². The van der Waals surface area contributed by atoms with Gasteiger partial charge in [-0.05, 0) is 18.2 Å². The number of nitrogens with zero attached hydrogens (tertiary/aromatic N) is 1. The van der Waals surface area contributed by atoms with Gasteiger partial charge in [-0.15, -0.1) is 0 Å². The molecule has 0 radical (unpaired) electrons. The molecule has 1 aliphatic rings. The molecular formula is C15H15NO3S. The predicted octanol–water partition coefficient (Wildman–Crippen LogP) is 2.58. The normalized spacial score (nSPS) is 18.1. The minimum absolute atomic E-state index is 0.218. The third-order valence-electron chi connectivity index (χ3n) is 3.50. The summed E-state index contributed by atoms with van der Waals surface area (Å²) in [6, 6.07) is 15.9. The first kappa shape index (κ1) is 13.1. The molecule has 2 aromatic rings. The molecule has 20 heavy (non-hydrogen) atoms. The monoisotopic (exact) mass is 289 g/mol. The topological polar surface area (TPSA) is 46.6 Å². The molecule has 1 heterocycles. The van der Waals surface area contributed by atoms with Gasteiger partial charge in [0.1, 0.15) is 6.10 Å². The van der Waals surface area contributed by atoms with Crippen molar-refractivity contribution in [3.05, 3.63) is 60.2 Å². The predicted molar refractivity (Wildman–Crippen MR) is 77.2 cm³/mol. The molecule has 104 valence electrons. The first-order chi connectivity index (χ1) is 9.64. The molecule has 5 heteroatoms. The Morgan fingerprint density at radius 3 is 2.40 bits per heavy atom. The van der Waals surface area contributed by atoms with Crippen LogP contribution in [0, 0.1) is 0 Å². The van der Waals surface area contributed by atoms with Crippen LogP contribution in [-0.2, 0) is 14.8 Å². The van der Waals surface area contributed by atoms with Crippen LogP contribution in [-0.4, -0.2) is 22.1 Å². The summed E-state index contributed by atoms with van der Waals surface area (Å²) in [5.41, 5.74) is 1.61. The van der Waals surface area contributed by atoms with Gasteiger partial charge in [0, 0.05) is 12.7 Å². The highest BCUT2D eigenvalue weighted by Crippen LogP contribution is 2.39. The molecule has 0 saturated heterocycles. The summed E-state index contributed by atoms with van der Waals surface area (Å²) in [6.07, 6.45) is -0.218. The van der Waals surface area contributed by atoms with Crippen LogP contribution in [0.4, 0.5) is 5.69 Å². The van der Waals surface area contributed by atoms with Crippen molar-refractivity contribution >= 4 is 15.7 Å². The number of sulfonamides is 1. The number of methoxy groups -OCH3 is 1. The minimum Gasteiger partial charge on any atom is -0.375 e. The van der Waals surface area contributed by atoms with Crippen LogP contribution < -0.4 is 4.31 Å². The molecule has 0 saturated carbocycles. The average Bonchev–Trinajstić information content (AvgIpc) is 2.88. The summed E-state index contributed by atoms with van der Waals surface area (Å²) in [4.78, 5) is 0.298. The first-order valence-corrected chi connectivity index (χ1v) is 7.78. The van der Waals surface area contributed by atoms with Crippen molar-refractivity contribution in [2.45, 2.75) is 11.0 Å². The van der Waals surface area contributed by atoms with E-state index >= 15 is 0 Å². The maximum Gasteiger partial charge on any atom is 0.264 e. The van der Waals surface area contributed by atoms with E-state index < -0.39 is 10.0 Å². The third kappa shape index (κ3) is 1.99. The summed E-state index contributed by atoms with van der Waals surface area (Å²) >= 11 is 0. The molecule has 0 amide bonds. The van der Waals surface area contributed by atoms with Crippen molar-refractivity contribution in [1.82, 2.24) is 0 Å². The number of para-hydroxylation sites is 1. The SMILES string of the molecule is COC1CN(S(=O)(=O)c2ccccc2)c2ccccc21. The Balaban J connectivity index is 2.09. The quantitative estimate of drug-likeness (QED) is 0.872. The minimum atomic E-state index is -3.54. The zero-order chi connectivity index (χ0) is 14.2. The maximum absolute atomic E-state index is 12.7. The number of hydrogen-bond acceptors (Lipinski definition) is 3. The molecular weight excluding hydrogens is 274 g/mol. The van der Waals surface area contributed by atoms with Crippen molar-refractivity contribution in [2.75, 3.05) is 18.0 Å². The second kappa shape index (κ2) is 4.92. The average molecular weight is 289 g/mol. The Morgan fingerprint density at radius 1 is 1.05 bits per heavy atom. The van der Waals surface area contributed by atoms with E-state index in [1.807, 2.05) is 24.3 Å². The van der Waals surface area contributed by atoms with Crippen molar-refractivity contribution in [3.63, 3.8) is 0 Å². The number of rotatable bonds is 3. The fraction of sp³-hybridized carbons (Fsp3) is 0.200. The molecule has 1 atom stereocenters. The van der Waals surface area contributed by atoms with Gasteiger partial charge in [0.05, 0.1) is 17.1 Å². The van der Waals surface area contributed by atoms with E-state index in [9.17, 15) is 8.42 Å². The lowest BCUT2D eigenvalue weighted by atomic mass is 10.1. The Bertz CT molecular complexity index is 713. The number of ether oxygens (including phenoxy) is 1. The molecule has 0 aromatic heterocycles. The summed E-state index contributed by atoms with van der Waals surface area (Å²) in [7, 11) is -1.94. The van der Waals surface area contributed by atoms with Crippen molar-refractivity contribution in [2.24, 2.45) is 0 Å². The summed E-state index contributed by atoms with van der Waals surface area (Å²) in [6.45, 7) is 0.313. The molecule has 0 aliphatic carbocycles. The molecule has 3 rings (SSSR count). The highest BCUT2D eigenvalue weighted by molar-refractivity contribution is 7.92. The van der Waals surface area contributed by atoms with Crippen LogP contribution in [0.15, 0.2) is 59.5 Å². The molecule has 4 nitrogen and oxygen atoms in total. The Morgan fingerprint density at radius 2 is 1.70 bits per heavy atom. The zero-order valence-electron chi connectivity index (χ0n) is 11.1. The van der Waals surface area contributed by atoms with Crippen LogP contribution in [0.1, 0.15) is 11.7 Å². The van der Waals surface area contributed by atoms with Crippen LogP contribution in [0.2, 0.25) is 0 Å². The largest absolute Gasteiger partial charge is 0.375 e. The van der Waals surface area contributed by atoms with Gasteiger partial charge in [-0.3, -0.25) is 4.31 Å². The molecule has 0 bridgehead atoms. The third-order valence-corrected chi connectivity index (χ3v) is 5.29. The molecule has 0 spiro atoms. The molecule has 1 unspecified atom stereocenters. The fourth-order valence-corrected chi connectivity index (χ4v) is 4.00. The highest BCUT2D eigenvalue weighted by Gasteiger charge is 2.36. The van der Waals surface area contributed by atoms with Crippen molar-refractivity contribution < 1.29 is 13.2 Å². The summed E-state index contributed by atoms with van der Waals surface area (Å²) < 4.78 is 32.3. The van der Waals surface area contributed by atoms with Crippen LogP contribution >= 0.6 is 0 Å². The van der Waals surface area contributed by atoms with Gasteiger partial charge >= 0.3 is 0 Å². The molecule has 0 fully saturated rings. The van der Waals surface area contributed by atoms with Gasteiger partial charge < -0.3 is 4.74 Å². The lowest BCUT2D eigenvalue weighted by Crippen LogP contribution is -2.30. The summed E-state index contributed by atoms with van der Waals surface area (Å²) in [5, 5.41) is 0. The van der Waals surface area contributed by atoms with Gasteiger partial charge in [-0.25, -0.2) is 8.42 Å². The maximum atomic E-state index is 12.7. The Kier molecular flexibility index (Phi) is 3.23. The van der Waals surface area contributed by atoms with Crippen LogP contribution in [0.3, 0.4) is 0 Å². The standard InChI is InChI=1S/C15H15NO3S/c1-19-15-11-16(14-10-6-5-9-13(14)15)20(17,18)12-7-3-2-4-8-12/h2-10,15H,11H2,1H3. The van der Waals surface area contributed by atoms with Crippen LogP contribution in [0.5, 0.6) is 0 Å². The van der Waals surface area contributed by atoms with E-state index in [1.54, 1.807) is 37.4 Å². The van der Waals surface area contributed by atoms with E-state index in [4.69, 9.17) is 4.74 Å². The highest BCUT2D eigenvalue weighted by atomic mass is 32.2. The Labute approximate surface area is 118 Å². The van der Waals surface area contributed by atoms with E-state index in [1.165, 1.54) is 4.31 Å². The number of fused-ring (bicyclic) bond motifs is 1. The van der Waals surface area contributed by atoms with E-state index in [-0.39, 0.29) is 6.10 Å². The van der Waals surface area contributed by atoms with Gasteiger partial charge in [0.25, 0.3) is 10.0 Å². The summed E-state index contributed by atoms with van der Waals surface area (Å²) in [5.74, 6) is 0. The second-order valence-corrected chi connectivity index (χ2v) is 6.49. The Hall–Kier alpha value is -1.85. The second-order valence-electron chi connectivity index (χ2n) is 4.63. The molecule has 0 N–H and O–H groups in total. The smallest absolute Gasteiger partial charge is 0.264 e. The van der Waals surface area contributed by atoms with Gasteiger partial charge in [0.15, 0.2) is 0 Å². The van der Waals surface area contributed by atoms with E-state index in [0.29, 0.717) is 17.1 Å². The zero-order valence-corrected chi connectivity index (χ0v) is 11.9. The fourth-order valence-electron chi connectivity index (χ4n) is 2.48. The van der Waals surface area contributed by atoms with Crippen molar-refractivity contribution in [3.8, 4) is 0 Å². The number of benzene rings is 2.